The number of nitrogens with zero attached hydrogens (tertiary/aromatic N) is 3. The summed E-state index contributed by atoms with van der Waals surface area (Å²) in [4.78, 5) is 12.9. The second-order valence-corrected chi connectivity index (χ2v) is 5.46. The van der Waals surface area contributed by atoms with Gasteiger partial charge in [0.25, 0.3) is 0 Å². The van der Waals surface area contributed by atoms with Crippen molar-refractivity contribution in [3.63, 3.8) is 0 Å². The fourth-order valence-corrected chi connectivity index (χ4v) is 2.11. The van der Waals surface area contributed by atoms with Crippen molar-refractivity contribution in [2.24, 2.45) is 0 Å². The highest BCUT2D eigenvalue weighted by Crippen LogP contribution is 2.38. The van der Waals surface area contributed by atoms with Crippen LogP contribution < -0.4 is 5.73 Å². The summed E-state index contributed by atoms with van der Waals surface area (Å²) in [5.74, 6) is 2.44. The first kappa shape index (κ1) is 11.6. The third-order valence-corrected chi connectivity index (χ3v) is 3.46. The first-order chi connectivity index (χ1) is 8.70. The van der Waals surface area contributed by atoms with Gasteiger partial charge in [-0.15, -0.1) is 0 Å². The molecule has 0 bridgehead atoms. The number of nitrogens with two attached hydrogens (primary N) is 1. The minimum Gasteiger partial charge on any atom is -0.368 e. The molecule has 0 radical (unpaired) electrons. The molecule has 1 aromatic heterocycles. The number of anilines is 1. The summed E-state index contributed by atoms with van der Waals surface area (Å²) in [7, 11) is 0. The maximum Gasteiger partial charge on any atom is 0.223 e. The molecule has 1 fully saturated rings. The smallest absolute Gasteiger partial charge is 0.223 e. The van der Waals surface area contributed by atoms with Crippen molar-refractivity contribution >= 4 is 21.9 Å². The Morgan fingerprint density at radius 2 is 1.83 bits per heavy atom. The predicted molar refractivity (Wildman–Crippen MR) is 73.2 cm³/mol. The predicted octanol–water partition coefficient (Wildman–Crippen LogP) is 2.68. The van der Waals surface area contributed by atoms with Crippen LogP contribution in [0.4, 0.5) is 5.95 Å². The molecule has 1 aromatic carbocycles. The van der Waals surface area contributed by atoms with E-state index in [-0.39, 0.29) is 0 Å². The van der Waals surface area contributed by atoms with Gasteiger partial charge in [-0.3, -0.25) is 0 Å². The SMILES string of the molecule is Nc1nc(Cc2ccc(Br)cc2)nc(C2CC2)n1. The molecule has 0 atom stereocenters. The van der Waals surface area contributed by atoms with Crippen molar-refractivity contribution in [1.82, 2.24) is 15.0 Å². The van der Waals surface area contributed by atoms with E-state index in [0.29, 0.717) is 18.3 Å². The molecule has 0 unspecified atom stereocenters. The Balaban J connectivity index is 1.85. The number of aromatic nitrogens is 3. The van der Waals surface area contributed by atoms with Gasteiger partial charge in [-0.05, 0) is 30.5 Å². The Hall–Kier alpha value is -1.49. The fraction of sp³-hybridized carbons (Fsp3) is 0.308. The van der Waals surface area contributed by atoms with Crippen molar-refractivity contribution in [2.45, 2.75) is 25.2 Å². The van der Waals surface area contributed by atoms with Crippen LogP contribution >= 0.6 is 15.9 Å². The lowest BCUT2D eigenvalue weighted by atomic mass is 10.1. The number of hydrogen-bond acceptors (Lipinski definition) is 4. The normalized spacial score (nSPS) is 14.7. The molecule has 0 spiro atoms. The van der Waals surface area contributed by atoms with E-state index < -0.39 is 0 Å². The molecule has 1 aliphatic carbocycles. The molecule has 0 amide bonds. The highest BCUT2D eigenvalue weighted by molar-refractivity contribution is 9.10. The highest BCUT2D eigenvalue weighted by Gasteiger charge is 2.27. The Morgan fingerprint density at radius 3 is 2.50 bits per heavy atom. The van der Waals surface area contributed by atoms with Crippen molar-refractivity contribution in [3.8, 4) is 0 Å². The number of nitrogen functional groups attached to an aromatic ring is 1. The van der Waals surface area contributed by atoms with E-state index in [1.165, 1.54) is 18.4 Å². The Kier molecular flexibility index (Phi) is 2.99. The van der Waals surface area contributed by atoms with Gasteiger partial charge in [0.15, 0.2) is 0 Å². The van der Waals surface area contributed by atoms with E-state index in [4.69, 9.17) is 5.73 Å². The van der Waals surface area contributed by atoms with Crippen molar-refractivity contribution in [1.29, 1.82) is 0 Å². The number of halogens is 1. The average Bonchev–Trinajstić information content (AvgIpc) is 3.15. The minimum absolute atomic E-state index is 0.332. The quantitative estimate of drug-likeness (QED) is 0.947. The molecule has 1 aliphatic rings. The summed E-state index contributed by atoms with van der Waals surface area (Å²) in [6.07, 6.45) is 3.03. The maximum atomic E-state index is 5.73. The summed E-state index contributed by atoms with van der Waals surface area (Å²) in [6.45, 7) is 0. The molecule has 4 nitrogen and oxygen atoms in total. The third kappa shape index (κ3) is 2.67. The molecule has 2 aromatic rings. The standard InChI is InChI=1S/C13H13BrN4/c14-10-5-1-8(2-6-10)7-11-16-12(9-3-4-9)18-13(15)17-11/h1-2,5-6,9H,3-4,7H2,(H2,15,16,17,18). The van der Waals surface area contributed by atoms with Gasteiger partial charge < -0.3 is 5.73 Å². The van der Waals surface area contributed by atoms with E-state index >= 15 is 0 Å². The van der Waals surface area contributed by atoms with Gasteiger partial charge in [-0.1, -0.05) is 28.1 Å². The summed E-state index contributed by atoms with van der Waals surface area (Å²) in [6, 6.07) is 8.14. The average molecular weight is 305 g/mol. The van der Waals surface area contributed by atoms with Gasteiger partial charge in [-0.25, -0.2) is 4.98 Å². The van der Waals surface area contributed by atoms with E-state index in [9.17, 15) is 0 Å². The highest BCUT2D eigenvalue weighted by atomic mass is 79.9. The Morgan fingerprint density at radius 1 is 1.11 bits per heavy atom. The van der Waals surface area contributed by atoms with Crippen LogP contribution in [0.25, 0.3) is 0 Å². The summed E-state index contributed by atoms with van der Waals surface area (Å²) in [5.41, 5.74) is 6.90. The van der Waals surface area contributed by atoms with Crippen molar-refractivity contribution in [3.05, 3.63) is 46.0 Å². The number of rotatable bonds is 3. The lowest BCUT2D eigenvalue weighted by Gasteiger charge is -2.04. The zero-order chi connectivity index (χ0) is 12.5. The summed E-state index contributed by atoms with van der Waals surface area (Å²) >= 11 is 3.42. The Bertz CT molecular complexity index is 564. The molecule has 0 saturated heterocycles. The van der Waals surface area contributed by atoms with Crippen molar-refractivity contribution in [2.75, 3.05) is 5.73 Å². The van der Waals surface area contributed by atoms with Gasteiger partial charge in [0.2, 0.25) is 5.95 Å². The zero-order valence-corrected chi connectivity index (χ0v) is 11.4. The van der Waals surface area contributed by atoms with Gasteiger partial charge in [0, 0.05) is 16.8 Å². The van der Waals surface area contributed by atoms with Crippen LogP contribution in [-0.2, 0) is 6.42 Å². The molecule has 18 heavy (non-hydrogen) atoms. The molecule has 1 heterocycles. The van der Waals surface area contributed by atoms with E-state index in [2.05, 4.69) is 43.0 Å². The Labute approximate surface area is 114 Å². The molecule has 0 aliphatic heterocycles. The minimum atomic E-state index is 0.332. The second kappa shape index (κ2) is 4.65. The van der Waals surface area contributed by atoms with Gasteiger partial charge in [0.1, 0.15) is 11.6 Å². The molecule has 3 rings (SSSR count). The summed E-state index contributed by atoms with van der Waals surface area (Å²) in [5, 5.41) is 0. The second-order valence-electron chi connectivity index (χ2n) is 4.55. The van der Waals surface area contributed by atoms with E-state index in [1.807, 2.05) is 12.1 Å². The molecule has 92 valence electrons. The van der Waals surface area contributed by atoms with Crippen LogP contribution in [0.2, 0.25) is 0 Å². The van der Waals surface area contributed by atoms with Gasteiger partial charge in [0.05, 0.1) is 0 Å². The molecule has 2 N–H and O–H groups in total. The monoisotopic (exact) mass is 304 g/mol. The van der Waals surface area contributed by atoms with Gasteiger partial charge in [-0.2, -0.15) is 9.97 Å². The lowest BCUT2D eigenvalue weighted by molar-refractivity contribution is 0.838. The van der Waals surface area contributed by atoms with Gasteiger partial charge >= 0.3 is 0 Å². The first-order valence-electron chi connectivity index (χ1n) is 5.95. The van der Waals surface area contributed by atoms with Crippen LogP contribution in [0.15, 0.2) is 28.7 Å². The maximum absolute atomic E-state index is 5.73. The zero-order valence-electron chi connectivity index (χ0n) is 9.81. The largest absolute Gasteiger partial charge is 0.368 e. The van der Waals surface area contributed by atoms with Crippen LogP contribution in [0.1, 0.15) is 36.0 Å². The molecule has 5 heteroatoms. The van der Waals surface area contributed by atoms with Crippen LogP contribution in [0.5, 0.6) is 0 Å². The van der Waals surface area contributed by atoms with E-state index in [1.54, 1.807) is 0 Å². The van der Waals surface area contributed by atoms with Crippen LogP contribution in [0.3, 0.4) is 0 Å². The molecular weight excluding hydrogens is 292 g/mol. The molecular formula is C13H13BrN4. The van der Waals surface area contributed by atoms with Crippen molar-refractivity contribution < 1.29 is 0 Å². The number of hydrogen-bond donors (Lipinski definition) is 1. The molecule has 1 saturated carbocycles. The lowest BCUT2D eigenvalue weighted by Crippen LogP contribution is -2.07. The van der Waals surface area contributed by atoms with Crippen LogP contribution in [-0.4, -0.2) is 15.0 Å². The number of benzene rings is 1. The summed E-state index contributed by atoms with van der Waals surface area (Å²) < 4.78 is 1.07. The third-order valence-electron chi connectivity index (χ3n) is 2.93. The fourth-order valence-electron chi connectivity index (χ4n) is 1.84. The topological polar surface area (TPSA) is 64.7 Å². The van der Waals surface area contributed by atoms with E-state index in [0.717, 1.165) is 16.1 Å². The van der Waals surface area contributed by atoms with Crippen LogP contribution in [0, 0.1) is 0 Å². The first-order valence-corrected chi connectivity index (χ1v) is 6.75.